The molecule has 0 saturated carbocycles. The third-order valence-electron chi connectivity index (χ3n) is 3.18. The molecular formula is C13H19Cl2N3. The Morgan fingerprint density at radius 3 is 2.56 bits per heavy atom. The summed E-state index contributed by atoms with van der Waals surface area (Å²) in [5.74, 6) is 1.23. The van der Waals surface area contributed by atoms with E-state index in [0.717, 1.165) is 25.2 Å². The molecule has 1 fully saturated rings. The molecule has 1 saturated heterocycles. The quantitative estimate of drug-likeness (QED) is 0.862. The van der Waals surface area contributed by atoms with Crippen LogP contribution in [0.15, 0.2) is 30.3 Å². The Morgan fingerprint density at radius 2 is 2.00 bits per heavy atom. The highest BCUT2D eigenvalue weighted by Crippen LogP contribution is 2.25. The molecule has 1 unspecified atom stereocenters. The highest BCUT2D eigenvalue weighted by atomic mass is 35.5. The van der Waals surface area contributed by atoms with Gasteiger partial charge >= 0.3 is 0 Å². The van der Waals surface area contributed by atoms with E-state index >= 15 is 0 Å². The Bertz CT molecular complexity index is 383. The average Bonchev–Trinajstić information content (AvgIpc) is 2.67. The number of hydrogen-bond acceptors (Lipinski definition) is 1. The summed E-state index contributed by atoms with van der Waals surface area (Å²) >= 11 is 5.86. The van der Waals surface area contributed by atoms with Gasteiger partial charge in [0.1, 0.15) is 0 Å². The second-order valence-corrected chi connectivity index (χ2v) is 4.58. The molecule has 1 aliphatic rings. The fourth-order valence-electron chi connectivity index (χ4n) is 2.29. The number of halogens is 2. The van der Waals surface area contributed by atoms with Gasteiger partial charge in [-0.1, -0.05) is 18.2 Å². The molecule has 0 amide bonds. The van der Waals surface area contributed by atoms with Gasteiger partial charge < -0.3 is 9.80 Å². The van der Waals surface area contributed by atoms with Gasteiger partial charge in [-0.15, -0.1) is 24.0 Å². The molecule has 0 bridgehead atoms. The minimum Gasteiger partial charge on any atom is -0.341 e. The van der Waals surface area contributed by atoms with Crippen molar-refractivity contribution in [3.63, 3.8) is 0 Å². The average molecular weight is 288 g/mol. The summed E-state index contributed by atoms with van der Waals surface area (Å²) in [5.41, 5.74) is 1.09. The molecule has 18 heavy (non-hydrogen) atoms. The van der Waals surface area contributed by atoms with E-state index in [4.69, 9.17) is 17.0 Å². The van der Waals surface area contributed by atoms with Gasteiger partial charge in [-0.05, 0) is 25.5 Å². The van der Waals surface area contributed by atoms with Crippen molar-refractivity contribution in [3.8, 4) is 0 Å². The molecule has 1 N–H and O–H groups in total. The van der Waals surface area contributed by atoms with Crippen molar-refractivity contribution in [2.75, 3.05) is 23.9 Å². The highest BCUT2D eigenvalue weighted by Gasteiger charge is 2.33. The number of benzene rings is 1. The van der Waals surface area contributed by atoms with Crippen LogP contribution < -0.4 is 4.90 Å². The number of anilines is 1. The lowest BCUT2D eigenvalue weighted by atomic mass is 10.2. The molecule has 0 aromatic heterocycles. The monoisotopic (exact) mass is 287 g/mol. The molecule has 1 aromatic rings. The van der Waals surface area contributed by atoms with Crippen molar-refractivity contribution in [3.05, 3.63) is 30.3 Å². The molecule has 0 spiro atoms. The third kappa shape index (κ3) is 2.90. The van der Waals surface area contributed by atoms with E-state index in [1.54, 1.807) is 0 Å². The molecule has 2 rings (SSSR count). The highest BCUT2D eigenvalue weighted by molar-refractivity contribution is 6.18. The Balaban J connectivity index is 0.00000162. The van der Waals surface area contributed by atoms with E-state index in [2.05, 4.69) is 28.9 Å². The van der Waals surface area contributed by atoms with Gasteiger partial charge in [-0.25, -0.2) is 0 Å². The minimum atomic E-state index is 0. The summed E-state index contributed by atoms with van der Waals surface area (Å²) in [6, 6.07) is 10.4. The van der Waals surface area contributed by atoms with Crippen molar-refractivity contribution in [2.24, 2.45) is 0 Å². The first-order valence-corrected chi connectivity index (χ1v) is 6.55. The summed E-state index contributed by atoms with van der Waals surface area (Å²) in [7, 11) is 0. The van der Waals surface area contributed by atoms with E-state index in [9.17, 15) is 0 Å². The van der Waals surface area contributed by atoms with E-state index in [-0.39, 0.29) is 12.4 Å². The van der Waals surface area contributed by atoms with Crippen molar-refractivity contribution in [1.82, 2.24) is 4.90 Å². The molecule has 0 aliphatic carbocycles. The first-order valence-electron chi connectivity index (χ1n) is 6.01. The zero-order valence-electron chi connectivity index (χ0n) is 10.5. The standard InChI is InChI=1S/C13H18ClN3.ClH/c1-2-16-10-12(8-9-14)17(13(16)15)11-6-4-3-5-7-11;/h3-7,12,15H,2,8-10H2,1H3;1H. The molecule has 3 nitrogen and oxygen atoms in total. The number of alkyl halides is 1. The zero-order chi connectivity index (χ0) is 12.3. The third-order valence-corrected chi connectivity index (χ3v) is 3.40. The lowest BCUT2D eigenvalue weighted by Gasteiger charge is -2.24. The van der Waals surface area contributed by atoms with E-state index < -0.39 is 0 Å². The fourth-order valence-corrected chi connectivity index (χ4v) is 2.55. The lowest BCUT2D eigenvalue weighted by Crippen LogP contribution is -2.35. The van der Waals surface area contributed by atoms with E-state index in [0.29, 0.717) is 17.9 Å². The molecule has 100 valence electrons. The number of hydrogen-bond donors (Lipinski definition) is 1. The van der Waals surface area contributed by atoms with Crippen molar-refractivity contribution >= 4 is 35.7 Å². The number of nitrogens with zero attached hydrogens (tertiary/aromatic N) is 2. The summed E-state index contributed by atoms with van der Waals surface area (Å²) in [6.07, 6.45) is 0.912. The van der Waals surface area contributed by atoms with Gasteiger partial charge in [0.2, 0.25) is 0 Å². The van der Waals surface area contributed by atoms with Gasteiger partial charge in [-0.3, -0.25) is 5.41 Å². The second kappa shape index (κ2) is 6.86. The van der Waals surface area contributed by atoms with Crippen LogP contribution in [-0.4, -0.2) is 35.9 Å². The van der Waals surface area contributed by atoms with Crippen molar-refractivity contribution < 1.29 is 0 Å². The van der Waals surface area contributed by atoms with E-state index in [1.165, 1.54) is 0 Å². The smallest absolute Gasteiger partial charge is 0.198 e. The molecular weight excluding hydrogens is 269 g/mol. The molecule has 1 heterocycles. The number of nitrogens with one attached hydrogen (secondary N) is 1. The van der Waals surface area contributed by atoms with Crippen LogP contribution in [-0.2, 0) is 0 Å². The van der Waals surface area contributed by atoms with Crippen LogP contribution in [0.25, 0.3) is 0 Å². The number of likely N-dealkylation sites (N-methyl/N-ethyl adjacent to an activating group) is 1. The van der Waals surface area contributed by atoms with Gasteiger partial charge in [0.05, 0.1) is 6.04 Å². The van der Waals surface area contributed by atoms with Gasteiger partial charge in [0.25, 0.3) is 0 Å². The topological polar surface area (TPSA) is 30.3 Å². The maximum Gasteiger partial charge on any atom is 0.198 e. The fraction of sp³-hybridized carbons (Fsp3) is 0.462. The Morgan fingerprint density at radius 1 is 1.33 bits per heavy atom. The molecule has 1 aromatic carbocycles. The SMILES string of the molecule is CCN1CC(CCCl)N(c2ccccc2)C1=N.Cl. The Labute approximate surface area is 120 Å². The number of guanidine groups is 1. The lowest BCUT2D eigenvalue weighted by molar-refractivity contribution is 0.449. The summed E-state index contributed by atoms with van der Waals surface area (Å²) < 4.78 is 0. The predicted octanol–water partition coefficient (Wildman–Crippen LogP) is 3.18. The van der Waals surface area contributed by atoms with Crippen LogP contribution in [0.1, 0.15) is 13.3 Å². The Hall–Kier alpha value is -0.930. The number of rotatable bonds is 4. The van der Waals surface area contributed by atoms with Crippen LogP contribution >= 0.6 is 24.0 Å². The van der Waals surface area contributed by atoms with Crippen LogP contribution in [0.3, 0.4) is 0 Å². The summed E-state index contributed by atoms with van der Waals surface area (Å²) in [6.45, 7) is 3.86. The normalized spacial score (nSPS) is 19.0. The van der Waals surface area contributed by atoms with E-state index in [1.807, 2.05) is 18.2 Å². The van der Waals surface area contributed by atoms with Gasteiger partial charge in [-0.2, -0.15) is 0 Å². The Kier molecular flexibility index (Phi) is 5.76. The van der Waals surface area contributed by atoms with Gasteiger partial charge in [0, 0.05) is 24.7 Å². The molecule has 1 aliphatic heterocycles. The summed E-state index contributed by atoms with van der Waals surface area (Å²) in [4.78, 5) is 4.18. The van der Waals surface area contributed by atoms with Crippen LogP contribution in [0.2, 0.25) is 0 Å². The largest absolute Gasteiger partial charge is 0.341 e. The molecule has 0 radical (unpaired) electrons. The van der Waals surface area contributed by atoms with Gasteiger partial charge in [0.15, 0.2) is 5.96 Å². The van der Waals surface area contributed by atoms with Crippen LogP contribution in [0.5, 0.6) is 0 Å². The number of para-hydroxylation sites is 1. The molecule has 5 heteroatoms. The second-order valence-electron chi connectivity index (χ2n) is 4.20. The van der Waals surface area contributed by atoms with Crippen molar-refractivity contribution in [1.29, 1.82) is 5.41 Å². The van der Waals surface area contributed by atoms with Crippen molar-refractivity contribution in [2.45, 2.75) is 19.4 Å². The van der Waals surface area contributed by atoms with Crippen LogP contribution in [0, 0.1) is 5.41 Å². The van der Waals surface area contributed by atoms with Crippen LogP contribution in [0.4, 0.5) is 5.69 Å². The first kappa shape index (κ1) is 15.1. The maximum absolute atomic E-state index is 8.22. The maximum atomic E-state index is 8.22. The minimum absolute atomic E-state index is 0. The summed E-state index contributed by atoms with van der Waals surface area (Å²) in [5, 5.41) is 8.22. The molecule has 1 atom stereocenters. The first-order chi connectivity index (χ1) is 8.27. The predicted molar refractivity (Wildman–Crippen MR) is 80.3 cm³/mol. The zero-order valence-corrected chi connectivity index (χ0v) is 12.0.